The molecular formula is C21H17FN2O5. The zero-order valence-corrected chi connectivity index (χ0v) is 15.5. The van der Waals surface area contributed by atoms with Crippen molar-refractivity contribution in [2.75, 3.05) is 0 Å². The summed E-state index contributed by atoms with van der Waals surface area (Å²) in [5.74, 6) is -1.07. The molecule has 0 spiro atoms. The van der Waals surface area contributed by atoms with Crippen molar-refractivity contribution in [2.45, 2.75) is 25.9 Å². The molecule has 1 fully saturated rings. The maximum atomic E-state index is 13.9. The van der Waals surface area contributed by atoms with Gasteiger partial charge in [-0.15, -0.1) is 0 Å². The van der Waals surface area contributed by atoms with E-state index in [1.165, 1.54) is 6.07 Å². The molecule has 0 aliphatic heterocycles. The first-order valence-corrected chi connectivity index (χ1v) is 9.10. The van der Waals surface area contributed by atoms with E-state index in [4.69, 9.17) is 14.4 Å². The molecular weight excluding hydrogens is 379 g/mol. The van der Waals surface area contributed by atoms with Crippen molar-refractivity contribution in [3.8, 4) is 17.1 Å². The van der Waals surface area contributed by atoms with E-state index < -0.39 is 23.5 Å². The molecule has 29 heavy (non-hydrogen) atoms. The molecule has 1 atom stereocenters. The molecule has 4 rings (SSSR count). The second-order valence-corrected chi connectivity index (χ2v) is 6.88. The summed E-state index contributed by atoms with van der Waals surface area (Å²) in [6.07, 6.45) is 1.33. The molecule has 2 aromatic carbocycles. The zero-order valence-electron chi connectivity index (χ0n) is 15.5. The average molecular weight is 396 g/mol. The summed E-state index contributed by atoms with van der Waals surface area (Å²) in [4.78, 5) is 27.2. The Bertz CT molecular complexity index is 1070. The Morgan fingerprint density at radius 2 is 1.93 bits per heavy atom. The molecule has 0 amide bonds. The predicted molar refractivity (Wildman–Crippen MR) is 99.2 cm³/mol. The van der Waals surface area contributed by atoms with Gasteiger partial charge in [0.25, 0.3) is 5.89 Å². The normalized spacial score (nSPS) is 14.4. The van der Waals surface area contributed by atoms with Gasteiger partial charge in [0, 0.05) is 17.0 Å². The minimum atomic E-state index is -1.35. The molecule has 1 saturated carbocycles. The van der Waals surface area contributed by atoms with Crippen LogP contribution in [0, 0.1) is 11.7 Å². The topological polar surface area (TPSA) is 103 Å². The van der Waals surface area contributed by atoms with Crippen LogP contribution in [0.2, 0.25) is 0 Å². The van der Waals surface area contributed by atoms with Gasteiger partial charge in [0.1, 0.15) is 11.6 Å². The molecule has 8 heteroatoms. The lowest BCUT2D eigenvalue weighted by atomic mass is 10.1. The van der Waals surface area contributed by atoms with Crippen LogP contribution >= 0.6 is 0 Å². The molecule has 3 aromatic rings. The number of aromatic carboxylic acids is 1. The Morgan fingerprint density at radius 3 is 2.55 bits per heavy atom. The van der Waals surface area contributed by atoms with Crippen molar-refractivity contribution in [3.05, 3.63) is 65.3 Å². The van der Waals surface area contributed by atoms with Crippen LogP contribution < -0.4 is 4.74 Å². The van der Waals surface area contributed by atoms with E-state index in [2.05, 4.69) is 10.1 Å². The van der Waals surface area contributed by atoms with Crippen molar-refractivity contribution in [1.29, 1.82) is 0 Å². The maximum Gasteiger partial charge on any atom is 0.338 e. The fourth-order valence-electron chi connectivity index (χ4n) is 2.88. The number of carboxylic acid groups (broad SMARTS) is 1. The SMILES string of the molecule is CC(Oc1ccc(C(=O)C2CC2)cc1)c1nc(-c2ccc(C(=O)O)c(F)c2)no1. The number of ketones is 1. The number of benzene rings is 2. The van der Waals surface area contributed by atoms with Crippen molar-refractivity contribution in [3.63, 3.8) is 0 Å². The lowest BCUT2D eigenvalue weighted by Gasteiger charge is -2.11. The van der Waals surface area contributed by atoms with E-state index in [0.717, 1.165) is 25.0 Å². The molecule has 1 N–H and O–H groups in total. The molecule has 0 saturated heterocycles. The Morgan fingerprint density at radius 1 is 1.21 bits per heavy atom. The van der Waals surface area contributed by atoms with E-state index >= 15 is 0 Å². The van der Waals surface area contributed by atoms with Crippen molar-refractivity contribution >= 4 is 11.8 Å². The highest BCUT2D eigenvalue weighted by atomic mass is 19.1. The summed E-state index contributed by atoms with van der Waals surface area (Å²) in [6, 6.07) is 10.5. The first-order valence-electron chi connectivity index (χ1n) is 9.10. The number of aromatic nitrogens is 2. The molecule has 1 aromatic heterocycles. The van der Waals surface area contributed by atoms with Crippen LogP contribution in [0.3, 0.4) is 0 Å². The fraction of sp³-hybridized carbons (Fsp3) is 0.238. The summed E-state index contributed by atoms with van der Waals surface area (Å²) >= 11 is 0. The number of rotatable bonds is 7. The number of halogens is 1. The van der Waals surface area contributed by atoms with E-state index in [1.807, 2.05) is 0 Å². The fourth-order valence-corrected chi connectivity index (χ4v) is 2.88. The van der Waals surface area contributed by atoms with Gasteiger partial charge in [0.05, 0.1) is 5.56 Å². The van der Waals surface area contributed by atoms with Gasteiger partial charge in [-0.1, -0.05) is 5.16 Å². The lowest BCUT2D eigenvalue weighted by molar-refractivity contribution is 0.0691. The zero-order chi connectivity index (χ0) is 20.5. The monoisotopic (exact) mass is 396 g/mol. The van der Waals surface area contributed by atoms with E-state index in [9.17, 15) is 14.0 Å². The number of ether oxygens (including phenoxy) is 1. The Hall–Kier alpha value is -3.55. The van der Waals surface area contributed by atoms with Crippen LogP contribution in [-0.2, 0) is 0 Å². The smallest absolute Gasteiger partial charge is 0.338 e. The Kier molecular flexibility index (Phi) is 4.84. The van der Waals surface area contributed by atoms with Gasteiger partial charge in [-0.25, -0.2) is 9.18 Å². The number of hydrogen-bond acceptors (Lipinski definition) is 6. The van der Waals surface area contributed by atoms with Crippen molar-refractivity contribution < 1.29 is 28.3 Å². The quantitative estimate of drug-likeness (QED) is 0.594. The number of carbonyl (C=O) groups is 2. The summed E-state index contributed by atoms with van der Waals surface area (Å²) < 4.78 is 24.8. The number of Topliss-reactive ketones (excluding diaryl/α,β-unsaturated/α-hetero) is 1. The predicted octanol–water partition coefficient (Wildman–Crippen LogP) is 4.31. The van der Waals surface area contributed by atoms with E-state index in [0.29, 0.717) is 11.3 Å². The summed E-state index contributed by atoms with van der Waals surface area (Å²) in [5.41, 5.74) is 0.523. The highest BCUT2D eigenvalue weighted by Crippen LogP contribution is 2.33. The van der Waals surface area contributed by atoms with Gasteiger partial charge in [-0.05, 0) is 62.2 Å². The highest BCUT2D eigenvalue weighted by Gasteiger charge is 2.30. The Labute approximate surface area is 165 Å². The summed E-state index contributed by atoms with van der Waals surface area (Å²) in [7, 11) is 0. The third-order valence-corrected chi connectivity index (χ3v) is 4.65. The number of carbonyl (C=O) groups excluding carboxylic acids is 1. The number of hydrogen-bond donors (Lipinski definition) is 1. The lowest BCUT2D eigenvalue weighted by Crippen LogP contribution is -2.05. The number of nitrogens with zero attached hydrogens (tertiary/aromatic N) is 2. The molecule has 1 heterocycles. The van der Waals surface area contributed by atoms with Gasteiger partial charge >= 0.3 is 5.97 Å². The third kappa shape index (κ3) is 4.01. The number of carboxylic acids is 1. The van der Waals surface area contributed by atoms with Gasteiger partial charge in [0.2, 0.25) is 5.82 Å². The van der Waals surface area contributed by atoms with Gasteiger partial charge in [-0.2, -0.15) is 4.98 Å². The maximum absolute atomic E-state index is 13.9. The molecule has 7 nitrogen and oxygen atoms in total. The summed E-state index contributed by atoms with van der Waals surface area (Å²) in [6.45, 7) is 1.72. The molecule has 148 valence electrons. The van der Waals surface area contributed by atoms with Crippen LogP contribution in [0.4, 0.5) is 4.39 Å². The van der Waals surface area contributed by atoms with Crippen LogP contribution in [0.15, 0.2) is 47.0 Å². The third-order valence-electron chi connectivity index (χ3n) is 4.65. The molecule has 1 aliphatic carbocycles. The highest BCUT2D eigenvalue weighted by molar-refractivity contribution is 5.99. The minimum absolute atomic E-state index is 0.122. The minimum Gasteiger partial charge on any atom is -0.481 e. The largest absolute Gasteiger partial charge is 0.481 e. The van der Waals surface area contributed by atoms with Crippen LogP contribution in [0.25, 0.3) is 11.4 Å². The Balaban J connectivity index is 1.45. The first-order chi connectivity index (χ1) is 13.9. The van der Waals surface area contributed by atoms with Gasteiger partial charge in [-0.3, -0.25) is 4.79 Å². The molecule has 0 radical (unpaired) electrons. The second-order valence-electron chi connectivity index (χ2n) is 6.88. The van der Waals surface area contributed by atoms with E-state index in [-0.39, 0.29) is 29.0 Å². The van der Waals surface area contributed by atoms with Crippen LogP contribution in [-0.4, -0.2) is 27.0 Å². The second kappa shape index (κ2) is 7.46. The van der Waals surface area contributed by atoms with E-state index in [1.54, 1.807) is 31.2 Å². The van der Waals surface area contributed by atoms with Gasteiger partial charge < -0.3 is 14.4 Å². The first kappa shape index (κ1) is 18.8. The summed E-state index contributed by atoms with van der Waals surface area (Å²) in [5, 5.41) is 12.7. The van der Waals surface area contributed by atoms with Crippen molar-refractivity contribution in [1.82, 2.24) is 10.1 Å². The molecule has 1 aliphatic rings. The standard InChI is InChI=1S/C21H17FN2O5/c1-11(28-15-7-4-13(5-8-15)18(25)12-2-3-12)20-23-19(24-29-20)14-6-9-16(21(26)27)17(22)10-14/h4-12H,2-3H2,1H3,(H,26,27). The van der Waals surface area contributed by atoms with Crippen LogP contribution in [0.5, 0.6) is 5.75 Å². The van der Waals surface area contributed by atoms with Crippen molar-refractivity contribution in [2.24, 2.45) is 5.92 Å². The van der Waals surface area contributed by atoms with Gasteiger partial charge in [0.15, 0.2) is 11.9 Å². The van der Waals surface area contributed by atoms with Crippen LogP contribution in [0.1, 0.15) is 52.5 Å². The average Bonchev–Trinajstić information content (AvgIpc) is 3.43. The molecule has 0 bridgehead atoms. The molecule has 1 unspecified atom stereocenters.